The Bertz CT molecular complexity index is 1300. The Hall–Kier alpha value is -3.63. The summed E-state index contributed by atoms with van der Waals surface area (Å²) in [7, 11) is 0. The lowest BCUT2D eigenvalue weighted by molar-refractivity contribution is 0.0616. The third-order valence-corrected chi connectivity index (χ3v) is 6.61. The van der Waals surface area contributed by atoms with Crippen LogP contribution in [0.4, 0.5) is 0 Å². The summed E-state index contributed by atoms with van der Waals surface area (Å²) in [6, 6.07) is 18.0. The number of hydrogen-bond acceptors (Lipinski definition) is 5. The lowest BCUT2D eigenvalue weighted by atomic mass is 9.89. The van der Waals surface area contributed by atoms with Crippen molar-refractivity contribution in [3.05, 3.63) is 65.7 Å². The number of aromatic nitrogens is 2. The van der Waals surface area contributed by atoms with Gasteiger partial charge in [0.1, 0.15) is 23.0 Å². The van der Waals surface area contributed by atoms with Crippen LogP contribution in [-0.2, 0) is 6.54 Å². The minimum Gasteiger partial charge on any atom is -0.458 e. The van der Waals surface area contributed by atoms with Crippen molar-refractivity contribution in [1.29, 1.82) is 5.26 Å². The lowest BCUT2D eigenvalue weighted by Gasteiger charge is -2.37. The number of amides is 1. The van der Waals surface area contributed by atoms with Gasteiger partial charge in [0.2, 0.25) is 0 Å². The van der Waals surface area contributed by atoms with Gasteiger partial charge < -0.3 is 19.6 Å². The lowest BCUT2D eigenvalue weighted by Crippen LogP contribution is -2.47. The molecule has 0 radical (unpaired) electrons. The second-order valence-corrected chi connectivity index (χ2v) is 8.60. The fraction of sp³-hybridized carbons (Fsp3) is 0.346. The van der Waals surface area contributed by atoms with Crippen molar-refractivity contribution in [2.24, 2.45) is 0 Å². The number of aromatic amines is 1. The molecule has 4 aromatic rings. The zero-order valence-corrected chi connectivity index (χ0v) is 18.7. The van der Waals surface area contributed by atoms with Gasteiger partial charge in [0, 0.05) is 24.0 Å². The minimum absolute atomic E-state index is 0.0524. The predicted molar refractivity (Wildman–Crippen MR) is 127 cm³/mol. The van der Waals surface area contributed by atoms with E-state index >= 15 is 0 Å². The van der Waals surface area contributed by atoms with Crippen LogP contribution in [-0.4, -0.2) is 39.4 Å². The molecule has 0 spiro atoms. The number of H-pyrrole nitrogens is 1. The van der Waals surface area contributed by atoms with Gasteiger partial charge in [-0.05, 0) is 56.9 Å². The molecule has 7 heteroatoms. The molecule has 1 aliphatic rings. The topological polar surface area (TPSA) is 97.9 Å². The summed E-state index contributed by atoms with van der Waals surface area (Å²) in [6.45, 7) is 3.15. The molecule has 1 unspecified atom stereocenters. The Morgan fingerprint density at radius 1 is 1.24 bits per heavy atom. The first-order valence-corrected chi connectivity index (χ1v) is 11.6. The Kier molecular flexibility index (Phi) is 5.84. The van der Waals surface area contributed by atoms with Gasteiger partial charge >= 0.3 is 0 Å². The van der Waals surface area contributed by atoms with Gasteiger partial charge in [-0.25, -0.2) is 4.98 Å². The Balaban J connectivity index is 1.28. The van der Waals surface area contributed by atoms with Gasteiger partial charge in [-0.2, -0.15) is 5.26 Å². The average Bonchev–Trinajstić information content (AvgIpc) is 3.44. The van der Waals surface area contributed by atoms with Crippen molar-refractivity contribution >= 4 is 27.9 Å². The molecule has 1 saturated carbocycles. The summed E-state index contributed by atoms with van der Waals surface area (Å²) in [5.41, 5.74) is 3.01. The smallest absolute Gasteiger partial charge is 0.289 e. The largest absolute Gasteiger partial charge is 0.458 e. The normalized spacial score (nSPS) is 18.4. The number of nitriles is 1. The molecule has 0 bridgehead atoms. The minimum atomic E-state index is -0.0524. The van der Waals surface area contributed by atoms with E-state index in [0.717, 1.165) is 47.7 Å². The maximum atomic E-state index is 13.3. The van der Waals surface area contributed by atoms with Gasteiger partial charge in [0.25, 0.3) is 5.91 Å². The highest BCUT2D eigenvalue weighted by Crippen LogP contribution is 2.27. The highest BCUT2D eigenvalue weighted by atomic mass is 16.3. The van der Waals surface area contributed by atoms with Crippen LogP contribution in [0.2, 0.25) is 0 Å². The number of nitrogens with zero attached hydrogens (tertiary/aromatic N) is 3. The van der Waals surface area contributed by atoms with Crippen LogP contribution in [0.25, 0.3) is 22.0 Å². The molecule has 7 nitrogen and oxygen atoms in total. The molecule has 2 atom stereocenters. The predicted octanol–water partition coefficient (Wildman–Crippen LogP) is 4.74. The van der Waals surface area contributed by atoms with E-state index in [4.69, 9.17) is 4.42 Å². The molecule has 5 rings (SSSR count). The summed E-state index contributed by atoms with van der Waals surface area (Å²) in [4.78, 5) is 22.9. The molecular formula is C26H27N5O2. The number of furan rings is 1. The number of carbonyl (C=O) groups excluding carboxylic acids is 1. The molecule has 0 aliphatic heterocycles. The fourth-order valence-electron chi connectivity index (χ4n) is 4.97. The van der Waals surface area contributed by atoms with E-state index in [-0.39, 0.29) is 18.0 Å². The van der Waals surface area contributed by atoms with Gasteiger partial charge in [0.15, 0.2) is 5.82 Å². The number of rotatable bonds is 6. The van der Waals surface area contributed by atoms with Gasteiger partial charge in [-0.1, -0.05) is 24.3 Å². The number of para-hydroxylation sites is 3. The van der Waals surface area contributed by atoms with Crippen LogP contribution in [0.1, 0.15) is 54.5 Å². The van der Waals surface area contributed by atoms with E-state index in [1.165, 1.54) is 0 Å². The zero-order valence-electron chi connectivity index (χ0n) is 18.7. The molecule has 2 aromatic heterocycles. The number of benzene rings is 2. The van der Waals surface area contributed by atoms with Gasteiger partial charge in [-0.3, -0.25) is 4.79 Å². The Morgan fingerprint density at radius 2 is 2.06 bits per heavy atom. The second kappa shape index (κ2) is 9.08. The highest BCUT2D eigenvalue weighted by molar-refractivity contribution is 5.94. The van der Waals surface area contributed by atoms with Gasteiger partial charge in [-0.15, -0.1) is 0 Å². The zero-order chi connectivity index (χ0) is 22.8. The van der Waals surface area contributed by atoms with E-state index in [0.29, 0.717) is 30.2 Å². The highest BCUT2D eigenvalue weighted by Gasteiger charge is 2.30. The maximum absolute atomic E-state index is 13.3. The summed E-state index contributed by atoms with van der Waals surface area (Å²) >= 11 is 0. The van der Waals surface area contributed by atoms with Crippen LogP contribution in [0.15, 0.2) is 52.9 Å². The van der Waals surface area contributed by atoms with E-state index < -0.39 is 0 Å². The van der Waals surface area contributed by atoms with E-state index in [2.05, 4.69) is 21.4 Å². The number of hydrogen-bond donors (Lipinski definition) is 2. The number of fused-ring (bicyclic) bond motifs is 2. The van der Waals surface area contributed by atoms with Crippen LogP contribution < -0.4 is 5.32 Å². The summed E-state index contributed by atoms with van der Waals surface area (Å²) < 4.78 is 5.94. The third-order valence-electron chi connectivity index (χ3n) is 6.61. The van der Waals surface area contributed by atoms with Crippen LogP contribution in [0, 0.1) is 11.3 Å². The molecule has 2 heterocycles. The van der Waals surface area contributed by atoms with Gasteiger partial charge in [0.05, 0.1) is 17.6 Å². The average molecular weight is 442 g/mol. The van der Waals surface area contributed by atoms with Crippen LogP contribution in [0.3, 0.4) is 0 Å². The number of carbonyl (C=O) groups is 1. The second-order valence-electron chi connectivity index (χ2n) is 8.60. The summed E-state index contributed by atoms with van der Waals surface area (Å²) in [5, 5.41) is 14.1. The monoisotopic (exact) mass is 441 g/mol. The summed E-state index contributed by atoms with van der Waals surface area (Å²) in [6.07, 6.45) is 3.92. The number of imidazole rings is 1. The molecule has 2 N–H and O–H groups in total. The quantitative estimate of drug-likeness (QED) is 0.450. The summed E-state index contributed by atoms with van der Waals surface area (Å²) in [5.74, 6) is 1.02. The van der Waals surface area contributed by atoms with E-state index in [9.17, 15) is 10.1 Å². The molecule has 1 amide bonds. The standard InChI is InChI=1S/C26H27N5O2/c1-2-31(26(32)25-29-21-11-4-5-12-22(21)30-25)18-9-7-8-17(14-18)28-16-24-20(15-27)19-10-3-6-13-23(19)33-24/h3-6,10-13,17-18,28H,2,7-9,14,16H2,1H3,(H,29,30)/t17?,18-/m0/s1. The Labute approximate surface area is 192 Å². The van der Waals surface area contributed by atoms with E-state index in [1.807, 2.05) is 60.4 Å². The first kappa shape index (κ1) is 21.2. The number of nitrogens with one attached hydrogen (secondary N) is 2. The molecule has 0 saturated heterocycles. The van der Waals surface area contributed by atoms with Crippen LogP contribution >= 0.6 is 0 Å². The maximum Gasteiger partial charge on any atom is 0.289 e. The molecule has 168 valence electrons. The van der Waals surface area contributed by atoms with Crippen LogP contribution in [0.5, 0.6) is 0 Å². The van der Waals surface area contributed by atoms with Crippen molar-refractivity contribution in [1.82, 2.24) is 20.2 Å². The fourth-order valence-corrected chi connectivity index (χ4v) is 4.97. The van der Waals surface area contributed by atoms with Crippen molar-refractivity contribution in [2.75, 3.05) is 6.54 Å². The first-order chi connectivity index (χ1) is 16.2. The molecular weight excluding hydrogens is 414 g/mol. The SMILES string of the molecule is CCN(C(=O)c1nc2ccccc2[nH]1)[C@H]1CCCC(NCc2oc3ccccc3c2C#N)C1. The third kappa shape index (κ3) is 4.10. The molecule has 1 fully saturated rings. The molecule has 2 aromatic carbocycles. The molecule has 1 aliphatic carbocycles. The van der Waals surface area contributed by atoms with Crippen molar-refractivity contribution in [2.45, 2.75) is 51.2 Å². The molecule has 33 heavy (non-hydrogen) atoms. The van der Waals surface area contributed by atoms with Crippen molar-refractivity contribution in [3.63, 3.8) is 0 Å². The van der Waals surface area contributed by atoms with Crippen molar-refractivity contribution in [3.8, 4) is 6.07 Å². The Morgan fingerprint density at radius 3 is 2.88 bits per heavy atom. The first-order valence-electron chi connectivity index (χ1n) is 11.6. The van der Waals surface area contributed by atoms with E-state index in [1.54, 1.807) is 0 Å². The van der Waals surface area contributed by atoms with Crippen molar-refractivity contribution < 1.29 is 9.21 Å².